The van der Waals surface area contributed by atoms with Gasteiger partial charge in [-0.1, -0.05) is 11.8 Å². The van der Waals surface area contributed by atoms with Gasteiger partial charge >= 0.3 is 6.03 Å². The Hall–Kier alpha value is -1.34. The summed E-state index contributed by atoms with van der Waals surface area (Å²) in [6.45, 7) is 0.110. The van der Waals surface area contributed by atoms with Gasteiger partial charge in [0.25, 0.3) is 5.76 Å². The van der Waals surface area contributed by atoms with Gasteiger partial charge in [-0.05, 0) is 24.3 Å². The smallest absolute Gasteiger partial charge is 0.321 e. The van der Waals surface area contributed by atoms with E-state index in [9.17, 15) is 13.6 Å². The molecule has 4 nitrogen and oxygen atoms in total. The van der Waals surface area contributed by atoms with Crippen molar-refractivity contribution in [3.8, 4) is 0 Å². The monoisotopic (exact) mass is 276 g/mol. The second kappa shape index (κ2) is 7.17. The number of nitrogens with zero attached hydrogens (tertiary/aromatic N) is 1. The van der Waals surface area contributed by atoms with Crippen LogP contribution in [0.5, 0.6) is 0 Å². The molecule has 0 saturated carbocycles. The molecule has 1 aromatic carbocycles. The number of nitrogens with one attached hydrogen (secondary N) is 1. The third-order valence-corrected chi connectivity index (χ3v) is 2.84. The van der Waals surface area contributed by atoms with E-state index in [0.717, 1.165) is 0 Å². The first-order valence-corrected chi connectivity index (χ1v) is 6.08. The Balaban J connectivity index is 2.55. The number of likely N-dealkylation sites (N-methyl/N-ethyl adjacent to an activating group) is 1. The number of amides is 2. The average Bonchev–Trinajstić information content (AvgIpc) is 2.31. The molecular formula is C11H14F2N2O2S. The van der Waals surface area contributed by atoms with Crippen LogP contribution in [0.15, 0.2) is 29.2 Å². The fourth-order valence-corrected chi connectivity index (χ4v) is 1.69. The number of hydrogen-bond donors (Lipinski definition) is 2. The zero-order valence-electron chi connectivity index (χ0n) is 9.77. The molecule has 0 unspecified atom stereocenters. The summed E-state index contributed by atoms with van der Waals surface area (Å²) in [5.74, 6) is -2.46. The van der Waals surface area contributed by atoms with Crippen molar-refractivity contribution >= 4 is 23.5 Å². The maximum absolute atomic E-state index is 12.1. The van der Waals surface area contributed by atoms with Gasteiger partial charge in [0.2, 0.25) is 0 Å². The van der Waals surface area contributed by atoms with Gasteiger partial charge in [-0.3, -0.25) is 0 Å². The van der Waals surface area contributed by atoms with Crippen molar-refractivity contribution in [2.24, 2.45) is 0 Å². The molecule has 0 saturated heterocycles. The molecule has 0 aliphatic heterocycles. The Labute approximate surface area is 108 Å². The Kier molecular flexibility index (Phi) is 5.87. The Bertz CT molecular complexity index is 387. The van der Waals surface area contributed by atoms with Gasteiger partial charge < -0.3 is 15.3 Å². The Morgan fingerprint density at radius 1 is 1.44 bits per heavy atom. The zero-order valence-corrected chi connectivity index (χ0v) is 10.6. The molecule has 0 aliphatic rings. The first-order valence-electron chi connectivity index (χ1n) is 5.21. The molecule has 0 radical (unpaired) electrons. The van der Waals surface area contributed by atoms with Crippen LogP contribution in [0.25, 0.3) is 0 Å². The molecule has 18 heavy (non-hydrogen) atoms. The summed E-state index contributed by atoms with van der Waals surface area (Å²) in [6, 6.07) is 5.76. The summed E-state index contributed by atoms with van der Waals surface area (Å²) in [7, 11) is 1.55. The largest absolute Gasteiger partial charge is 0.395 e. The number of carbonyl (C=O) groups is 1. The van der Waals surface area contributed by atoms with Gasteiger partial charge in [0, 0.05) is 24.2 Å². The number of aliphatic hydroxyl groups excluding tert-OH is 1. The van der Waals surface area contributed by atoms with Crippen molar-refractivity contribution < 1.29 is 18.7 Å². The van der Waals surface area contributed by atoms with Crippen LogP contribution in [0.2, 0.25) is 0 Å². The quantitative estimate of drug-likeness (QED) is 0.812. The van der Waals surface area contributed by atoms with Crippen LogP contribution in [0.3, 0.4) is 0 Å². The lowest BCUT2D eigenvalue weighted by Crippen LogP contribution is -2.33. The van der Waals surface area contributed by atoms with E-state index in [-0.39, 0.29) is 19.2 Å². The van der Waals surface area contributed by atoms with Gasteiger partial charge in [-0.25, -0.2) is 4.79 Å². The number of thioether (sulfide) groups is 1. The Morgan fingerprint density at radius 3 is 2.56 bits per heavy atom. The van der Waals surface area contributed by atoms with Gasteiger partial charge in [0.1, 0.15) is 0 Å². The summed E-state index contributed by atoms with van der Waals surface area (Å²) in [5, 5.41) is 11.3. The highest BCUT2D eigenvalue weighted by atomic mass is 32.2. The van der Waals surface area contributed by atoms with Crippen LogP contribution in [0.4, 0.5) is 19.3 Å². The number of aliphatic hydroxyl groups is 1. The van der Waals surface area contributed by atoms with Crippen LogP contribution in [-0.2, 0) is 0 Å². The minimum atomic E-state index is -2.46. The van der Waals surface area contributed by atoms with Crippen molar-refractivity contribution in [2.75, 3.05) is 25.5 Å². The highest BCUT2D eigenvalue weighted by Gasteiger charge is 2.08. The molecule has 2 amide bonds. The van der Waals surface area contributed by atoms with Crippen LogP contribution >= 0.6 is 11.8 Å². The van der Waals surface area contributed by atoms with Crippen molar-refractivity contribution in [1.29, 1.82) is 0 Å². The second-order valence-corrected chi connectivity index (χ2v) is 4.54. The number of anilines is 1. The number of urea groups is 1. The minimum absolute atomic E-state index is 0.117. The number of alkyl halides is 2. The molecule has 0 aliphatic carbocycles. The van der Waals surface area contributed by atoms with E-state index in [2.05, 4.69) is 5.32 Å². The number of rotatable bonds is 5. The average molecular weight is 276 g/mol. The fraction of sp³-hybridized carbons (Fsp3) is 0.364. The number of halogens is 2. The van der Waals surface area contributed by atoms with E-state index in [0.29, 0.717) is 22.3 Å². The van der Waals surface area contributed by atoms with Crippen molar-refractivity contribution in [1.82, 2.24) is 4.90 Å². The maximum Gasteiger partial charge on any atom is 0.321 e. The van der Waals surface area contributed by atoms with Gasteiger partial charge in [0.15, 0.2) is 0 Å². The first kappa shape index (κ1) is 14.7. The van der Waals surface area contributed by atoms with E-state index in [1.807, 2.05) is 0 Å². The van der Waals surface area contributed by atoms with E-state index >= 15 is 0 Å². The second-order valence-electron chi connectivity index (χ2n) is 3.48. The molecule has 0 spiro atoms. The summed E-state index contributed by atoms with van der Waals surface area (Å²) in [5.41, 5.74) is 0.517. The third kappa shape index (κ3) is 4.89. The molecule has 1 rings (SSSR count). The molecular weight excluding hydrogens is 262 g/mol. The lowest BCUT2D eigenvalue weighted by Gasteiger charge is -2.16. The normalized spacial score (nSPS) is 10.5. The van der Waals surface area contributed by atoms with Gasteiger partial charge in [0.05, 0.1) is 6.61 Å². The molecule has 100 valence electrons. The predicted octanol–water partition coefficient (Wildman–Crippen LogP) is 2.46. The van der Waals surface area contributed by atoms with Crippen LogP contribution in [0.1, 0.15) is 0 Å². The molecule has 0 heterocycles. The van der Waals surface area contributed by atoms with E-state index in [4.69, 9.17) is 5.11 Å². The number of carbonyl (C=O) groups excluding carboxylic acids is 1. The van der Waals surface area contributed by atoms with E-state index in [1.54, 1.807) is 19.2 Å². The molecule has 1 aromatic rings. The Morgan fingerprint density at radius 2 is 2.06 bits per heavy atom. The summed E-state index contributed by atoms with van der Waals surface area (Å²) >= 11 is 0.451. The standard InChI is InChI=1S/C11H14F2N2O2S/c1-15(6-7-16)11(17)14-8-2-4-9(5-3-8)18-10(12)13/h2-5,10,16H,6-7H2,1H3,(H,14,17). The van der Waals surface area contributed by atoms with Gasteiger partial charge in [-0.15, -0.1) is 0 Å². The topological polar surface area (TPSA) is 52.6 Å². The maximum atomic E-state index is 12.1. The molecule has 2 N–H and O–H groups in total. The highest BCUT2D eigenvalue weighted by molar-refractivity contribution is 7.99. The van der Waals surface area contributed by atoms with E-state index in [1.165, 1.54) is 17.0 Å². The predicted molar refractivity (Wildman–Crippen MR) is 67.0 cm³/mol. The van der Waals surface area contributed by atoms with E-state index < -0.39 is 5.76 Å². The van der Waals surface area contributed by atoms with Crippen molar-refractivity contribution in [3.63, 3.8) is 0 Å². The molecule has 0 fully saturated rings. The highest BCUT2D eigenvalue weighted by Crippen LogP contribution is 2.26. The van der Waals surface area contributed by atoms with Crippen LogP contribution in [-0.4, -0.2) is 42.0 Å². The summed E-state index contributed by atoms with van der Waals surface area (Å²) in [4.78, 5) is 13.3. The fourth-order valence-electron chi connectivity index (χ4n) is 1.19. The number of benzene rings is 1. The van der Waals surface area contributed by atoms with Gasteiger partial charge in [-0.2, -0.15) is 8.78 Å². The molecule has 0 bridgehead atoms. The molecule has 0 atom stereocenters. The SMILES string of the molecule is CN(CCO)C(=O)Nc1ccc(SC(F)F)cc1. The van der Waals surface area contributed by atoms with Crippen molar-refractivity contribution in [3.05, 3.63) is 24.3 Å². The summed E-state index contributed by atoms with van der Waals surface area (Å²) in [6.07, 6.45) is 0. The zero-order chi connectivity index (χ0) is 13.5. The lowest BCUT2D eigenvalue weighted by molar-refractivity contribution is 0.202. The van der Waals surface area contributed by atoms with Crippen LogP contribution < -0.4 is 5.32 Å². The first-order chi connectivity index (χ1) is 8.52. The summed E-state index contributed by atoms with van der Waals surface area (Å²) < 4.78 is 24.2. The third-order valence-electron chi connectivity index (χ3n) is 2.11. The van der Waals surface area contributed by atoms with Crippen LogP contribution in [0, 0.1) is 0 Å². The lowest BCUT2D eigenvalue weighted by atomic mass is 10.3. The van der Waals surface area contributed by atoms with Crippen molar-refractivity contribution in [2.45, 2.75) is 10.7 Å². The number of hydrogen-bond acceptors (Lipinski definition) is 3. The minimum Gasteiger partial charge on any atom is -0.395 e. The molecule has 0 aromatic heterocycles. The molecule has 7 heteroatoms.